The SMILES string of the molecule is CC1CNCC[C@]1(C(=O)OCc1ccccc1)c1ccccc1. The van der Waals surface area contributed by atoms with Gasteiger partial charge in [0.05, 0.1) is 5.41 Å². The molecule has 0 bridgehead atoms. The third-order valence-corrected chi connectivity index (χ3v) is 4.85. The molecule has 2 aromatic carbocycles. The molecule has 0 aromatic heterocycles. The fourth-order valence-corrected chi connectivity index (χ4v) is 3.46. The molecular formula is C20H23NO2. The van der Waals surface area contributed by atoms with Gasteiger partial charge in [-0.2, -0.15) is 0 Å². The van der Waals surface area contributed by atoms with Gasteiger partial charge in [0.2, 0.25) is 0 Å². The number of piperidine rings is 1. The third-order valence-electron chi connectivity index (χ3n) is 4.85. The number of esters is 1. The molecule has 1 heterocycles. The van der Waals surface area contributed by atoms with Crippen LogP contribution in [0.15, 0.2) is 60.7 Å². The van der Waals surface area contributed by atoms with Gasteiger partial charge >= 0.3 is 5.97 Å². The van der Waals surface area contributed by atoms with E-state index >= 15 is 0 Å². The van der Waals surface area contributed by atoms with Gasteiger partial charge in [0, 0.05) is 0 Å². The van der Waals surface area contributed by atoms with Crippen molar-refractivity contribution in [3.05, 3.63) is 71.8 Å². The van der Waals surface area contributed by atoms with Crippen LogP contribution >= 0.6 is 0 Å². The number of hydrogen-bond acceptors (Lipinski definition) is 3. The van der Waals surface area contributed by atoms with Crippen molar-refractivity contribution < 1.29 is 9.53 Å². The van der Waals surface area contributed by atoms with E-state index in [0.717, 1.165) is 30.6 Å². The highest BCUT2D eigenvalue weighted by molar-refractivity contribution is 5.84. The zero-order valence-electron chi connectivity index (χ0n) is 13.5. The van der Waals surface area contributed by atoms with Crippen LogP contribution in [0.3, 0.4) is 0 Å². The van der Waals surface area contributed by atoms with Crippen molar-refractivity contribution in [3.8, 4) is 0 Å². The van der Waals surface area contributed by atoms with Gasteiger partial charge in [-0.05, 0) is 36.6 Å². The second-order valence-corrected chi connectivity index (χ2v) is 6.25. The quantitative estimate of drug-likeness (QED) is 0.881. The lowest BCUT2D eigenvalue weighted by Gasteiger charge is -2.41. The van der Waals surface area contributed by atoms with E-state index in [1.165, 1.54) is 0 Å². The Bertz CT molecular complexity index is 641. The number of benzene rings is 2. The zero-order chi connectivity index (χ0) is 16.1. The summed E-state index contributed by atoms with van der Waals surface area (Å²) in [4.78, 5) is 13.1. The van der Waals surface area contributed by atoms with Gasteiger partial charge in [0.25, 0.3) is 0 Å². The Morgan fingerprint density at radius 1 is 1.13 bits per heavy atom. The van der Waals surface area contributed by atoms with Crippen molar-refractivity contribution in [3.63, 3.8) is 0 Å². The van der Waals surface area contributed by atoms with E-state index in [-0.39, 0.29) is 11.9 Å². The van der Waals surface area contributed by atoms with Crippen molar-refractivity contribution in [2.45, 2.75) is 25.4 Å². The topological polar surface area (TPSA) is 38.3 Å². The standard InChI is InChI=1S/C20H23NO2/c1-16-14-21-13-12-20(16,18-10-6-3-7-11-18)19(22)23-15-17-8-4-2-5-9-17/h2-11,16,21H,12-15H2,1H3/t16?,20-/m1/s1. The molecule has 0 spiro atoms. The predicted octanol–water partition coefficient (Wildman–Crippen LogP) is 3.30. The van der Waals surface area contributed by atoms with E-state index in [9.17, 15) is 4.79 Å². The average Bonchev–Trinajstić information content (AvgIpc) is 2.62. The molecule has 0 aliphatic carbocycles. The number of hydrogen-bond donors (Lipinski definition) is 1. The maximum absolute atomic E-state index is 13.1. The molecular weight excluding hydrogens is 286 g/mol. The Balaban J connectivity index is 1.85. The summed E-state index contributed by atoms with van der Waals surface area (Å²) in [5.74, 6) is 0.0866. The van der Waals surface area contributed by atoms with Gasteiger partial charge in [-0.1, -0.05) is 67.6 Å². The van der Waals surface area contributed by atoms with E-state index in [0.29, 0.717) is 6.61 Å². The first kappa shape index (κ1) is 15.8. The van der Waals surface area contributed by atoms with Gasteiger partial charge in [-0.3, -0.25) is 4.79 Å². The summed E-state index contributed by atoms with van der Waals surface area (Å²) in [7, 11) is 0. The van der Waals surface area contributed by atoms with E-state index < -0.39 is 5.41 Å². The molecule has 1 fully saturated rings. The molecule has 1 aliphatic heterocycles. The Kier molecular flexibility index (Phi) is 4.77. The smallest absolute Gasteiger partial charge is 0.317 e. The molecule has 0 saturated carbocycles. The van der Waals surface area contributed by atoms with Crippen LogP contribution in [0.4, 0.5) is 0 Å². The Morgan fingerprint density at radius 3 is 2.43 bits per heavy atom. The number of nitrogens with one attached hydrogen (secondary N) is 1. The predicted molar refractivity (Wildman–Crippen MR) is 91.0 cm³/mol. The average molecular weight is 309 g/mol. The molecule has 3 heteroatoms. The second-order valence-electron chi connectivity index (χ2n) is 6.25. The third kappa shape index (κ3) is 3.15. The Hall–Kier alpha value is -2.13. The highest BCUT2D eigenvalue weighted by Crippen LogP contribution is 2.39. The van der Waals surface area contributed by atoms with Crippen LogP contribution in [0, 0.1) is 5.92 Å². The Labute approximate surface area is 137 Å². The first-order valence-corrected chi connectivity index (χ1v) is 8.21. The fraction of sp³-hybridized carbons (Fsp3) is 0.350. The van der Waals surface area contributed by atoms with Crippen LogP contribution in [0.5, 0.6) is 0 Å². The molecule has 1 unspecified atom stereocenters. The van der Waals surface area contributed by atoms with Crippen LogP contribution in [0.25, 0.3) is 0 Å². The van der Waals surface area contributed by atoms with E-state index in [1.54, 1.807) is 0 Å². The summed E-state index contributed by atoms with van der Waals surface area (Å²) in [5.41, 5.74) is 1.53. The lowest BCUT2D eigenvalue weighted by molar-refractivity contribution is -0.155. The van der Waals surface area contributed by atoms with Crippen molar-refractivity contribution in [2.75, 3.05) is 13.1 Å². The van der Waals surface area contributed by atoms with Gasteiger partial charge in [-0.15, -0.1) is 0 Å². The normalized spacial score (nSPS) is 24.1. The lowest BCUT2D eigenvalue weighted by Crippen LogP contribution is -2.52. The molecule has 3 nitrogen and oxygen atoms in total. The first-order chi connectivity index (χ1) is 11.2. The van der Waals surface area contributed by atoms with Gasteiger partial charge < -0.3 is 10.1 Å². The molecule has 2 atom stereocenters. The fourth-order valence-electron chi connectivity index (χ4n) is 3.46. The minimum Gasteiger partial charge on any atom is -0.460 e. The highest BCUT2D eigenvalue weighted by Gasteiger charge is 2.47. The summed E-state index contributed by atoms with van der Waals surface area (Å²) < 4.78 is 5.73. The first-order valence-electron chi connectivity index (χ1n) is 8.21. The molecule has 0 radical (unpaired) electrons. The number of rotatable bonds is 4. The van der Waals surface area contributed by atoms with Crippen LogP contribution in [-0.2, 0) is 21.6 Å². The molecule has 0 amide bonds. The van der Waals surface area contributed by atoms with Crippen LogP contribution in [0.1, 0.15) is 24.5 Å². The van der Waals surface area contributed by atoms with E-state index in [2.05, 4.69) is 12.2 Å². The monoisotopic (exact) mass is 309 g/mol. The van der Waals surface area contributed by atoms with Gasteiger partial charge in [-0.25, -0.2) is 0 Å². The largest absolute Gasteiger partial charge is 0.460 e. The summed E-state index contributed by atoms with van der Waals surface area (Å²) in [6.45, 7) is 4.12. The van der Waals surface area contributed by atoms with Crippen molar-refractivity contribution in [1.82, 2.24) is 5.32 Å². The molecule has 1 N–H and O–H groups in total. The van der Waals surface area contributed by atoms with Crippen molar-refractivity contribution in [1.29, 1.82) is 0 Å². The summed E-state index contributed by atoms with van der Waals surface area (Å²) in [5, 5.41) is 3.38. The van der Waals surface area contributed by atoms with Crippen LogP contribution < -0.4 is 5.32 Å². The number of ether oxygens (including phenoxy) is 1. The molecule has 1 saturated heterocycles. The molecule has 1 aliphatic rings. The van der Waals surface area contributed by atoms with Crippen LogP contribution in [-0.4, -0.2) is 19.1 Å². The maximum atomic E-state index is 13.1. The van der Waals surface area contributed by atoms with Gasteiger partial charge in [0.1, 0.15) is 6.61 Å². The lowest BCUT2D eigenvalue weighted by atomic mass is 9.67. The molecule has 23 heavy (non-hydrogen) atoms. The van der Waals surface area contributed by atoms with E-state index in [1.807, 2.05) is 60.7 Å². The van der Waals surface area contributed by atoms with Crippen molar-refractivity contribution >= 4 is 5.97 Å². The summed E-state index contributed by atoms with van der Waals surface area (Å²) in [6, 6.07) is 19.9. The number of carbonyl (C=O) groups excluding carboxylic acids is 1. The molecule has 3 rings (SSSR count). The van der Waals surface area contributed by atoms with E-state index in [4.69, 9.17) is 4.74 Å². The minimum absolute atomic E-state index is 0.110. The number of carbonyl (C=O) groups is 1. The summed E-state index contributed by atoms with van der Waals surface area (Å²) >= 11 is 0. The maximum Gasteiger partial charge on any atom is 0.317 e. The Morgan fingerprint density at radius 2 is 1.78 bits per heavy atom. The summed E-state index contributed by atoms with van der Waals surface area (Å²) in [6.07, 6.45) is 0.770. The molecule has 120 valence electrons. The van der Waals surface area contributed by atoms with Crippen LogP contribution in [0.2, 0.25) is 0 Å². The van der Waals surface area contributed by atoms with Gasteiger partial charge in [0.15, 0.2) is 0 Å². The van der Waals surface area contributed by atoms with Crippen molar-refractivity contribution in [2.24, 2.45) is 5.92 Å². The second kappa shape index (κ2) is 6.97. The molecule has 2 aromatic rings. The minimum atomic E-state index is -0.554. The zero-order valence-corrected chi connectivity index (χ0v) is 13.5. The highest BCUT2D eigenvalue weighted by atomic mass is 16.5.